The highest BCUT2D eigenvalue weighted by Crippen LogP contribution is 2.27. The van der Waals surface area contributed by atoms with Crippen molar-refractivity contribution in [3.63, 3.8) is 0 Å². The Morgan fingerprint density at radius 1 is 0.769 bits per heavy atom. The molecule has 1 aliphatic rings. The molecular weight excluding hydrogens is 160 g/mol. The smallest absolute Gasteiger partial charge is 0.00767 e. The van der Waals surface area contributed by atoms with Crippen LogP contribution in [0.3, 0.4) is 0 Å². The van der Waals surface area contributed by atoms with Gasteiger partial charge in [0.25, 0.3) is 0 Å². The molecule has 2 nitrogen and oxygen atoms in total. The molecule has 2 N–H and O–H groups in total. The number of hydrogen-bond donors (Lipinski definition) is 2. The van der Waals surface area contributed by atoms with Crippen molar-refractivity contribution >= 4 is 0 Å². The Morgan fingerprint density at radius 3 is 1.69 bits per heavy atom. The standard InChI is InChI=1S/C11H24N2/c1-11(2)5-3-7-12-9-10-13-8-4-6-11/h12-13H,3-10H2,1-2H3. The van der Waals surface area contributed by atoms with Crippen LogP contribution < -0.4 is 10.6 Å². The van der Waals surface area contributed by atoms with Gasteiger partial charge < -0.3 is 10.6 Å². The summed E-state index contributed by atoms with van der Waals surface area (Å²) in [4.78, 5) is 0. The van der Waals surface area contributed by atoms with Crippen LogP contribution in [0, 0.1) is 5.41 Å². The van der Waals surface area contributed by atoms with E-state index in [0.717, 1.165) is 13.1 Å². The summed E-state index contributed by atoms with van der Waals surface area (Å²) in [6.07, 6.45) is 5.38. The Labute approximate surface area is 82.5 Å². The van der Waals surface area contributed by atoms with Crippen molar-refractivity contribution in [2.24, 2.45) is 5.41 Å². The molecule has 1 fully saturated rings. The molecule has 13 heavy (non-hydrogen) atoms. The van der Waals surface area contributed by atoms with E-state index in [1.807, 2.05) is 0 Å². The van der Waals surface area contributed by atoms with Gasteiger partial charge >= 0.3 is 0 Å². The van der Waals surface area contributed by atoms with Crippen molar-refractivity contribution in [1.82, 2.24) is 10.6 Å². The zero-order chi connectivity index (χ0) is 9.57. The molecule has 78 valence electrons. The highest BCUT2D eigenvalue weighted by atomic mass is 14.9. The topological polar surface area (TPSA) is 24.1 Å². The second kappa shape index (κ2) is 5.61. The van der Waals surface area contributed by atoms with Crippen LogP contribution in [-0.4, -0.2) is 26.2 Å². The van der Waals surface area contributed by atoms with Crippen LogP contribution in [-0.2, 0) is 0 Å². The number of nitrogens with one attached hydrogen (secondary N) is 2. The van der Waals surface area contributed by atoms with Crippen molar-refractivity contribution in [2.75, 3.05) is 26.2 Å². The number of rotatable bonds is 0. The SMILES string of the molecule is CC1(C)CCCNCCNCCC1. The normalized spacial score (nSPS) is 26.3. The van der Waals surface area contributed by atoms with Gasteiger partial charge in [-0.15, -0.1) is 0 Å². The molecule has 1 saturated heterocycles. The lowest BCUT2D eigenvalue weighted by Crippen LogP contribution is -2.28. The van der Waals surface area contributed by atoms with Crippen LogP contribution in [0.15, 0.2) is 0 Å². The lowest BCUT2D eigenvalue weighted by molar-refractivity contribution is 0.291. The minimum absolute atomic E-state index is 0.549. The van der Waals surface area contributed by atoms with Crippen LogP contribution in [0.4, 0.5) is 0 Å². The molecule has 0 aromatic heterocycles. The second-order valence-corrected chi connectivity index (χ2v) is 4.87. The van der Waals surface area contributed by atoms with Gasteiger partial charge in [0.2, 0.25) is 0 Å². The van der Waals surface area contributed by atoms with Gasteiger partial charge in [0.05, 0.1) is 0 Å². The summed E-state index contributed by atoms with van der Waals surface area (Å²) >= 11 is 0. The molecule has 0 bridgehead atoms. The summed E-state index contributed by atoms with van der Waals surface area (Å²) in [5.41, 5.74) is 0.549. The van der Waals surface area contributed by atoms with Gasteiger partial charge in [0.1, 0.15) is 0 Å². The molecule has 0 radical (unpaired) electrons. The van der Waals surface area contributed by atoms with E-state index in [9.17, 15) is 0 Å². The molecule has 1 rings (SSSR count). The predicted molar refractivity (Wildman–Crippen MR) is 58.0 cm³/mol. The summed E-state index contributed by atoms with van der Waals surface area (Å²) < 4.78 is 0. The zero-order valence-corrected chi connectivity index (χ0v) is 9.16. The third-order valence-electron chi connectivity index (χ3n) is 2.89. The molecule has 0 aromatic carbocycles. The van der Waals surface area contributed by atoms with Crippen molar-refractivity contribution in [1.29, 1.82) is 0 Å². The second-order valence-electron chi connectivity index (χ2n) is 4.87. The maximum Gasteiger partial charge on any atom is 0.00767 e. The third kappa shape index (κ3) is 5.27. The summed E-state index contributed by atoms with van der Waals surface area (Å²) in [5.74, 6) is 0. The van der Waals surface area contributed by atoms with E-state index in [1.165, 1.54) is 38.8 Å². The molecule has 0 amide bonds. The minimum atomic E-state index is 0.549. The van der Waals surface area contributed by atoms with Crippen LogP contribution in [0.25, 0.3) is 0 Å². The first kappa shape index (κ1) is 11.0. The first-order chi connectivity index (χ1) is 6.21. The fourth-order valence-electron chi connectivity index (χ4n) is 1.94. The molecule has 0 aromatic rings. The molecule has 0 saturated carbocycles. The van der Waals surface area contributed by atoms with E-state index in [1.54, 1.807) is 0 Å². The summed E-state index contributed by atoms with van der Waals surface area (Å²) in [7, 11) is 0. The predicted octanol–water partition coefficient (Wildman–Crippen LogP) is 1.77. The van der Waals surface area contributed by atoms with E-state index >= 15 is 0 Å². The minimum Gasteiger partial charge on any atom is -0.315 e. The molecular formula is C11H24N2. The van der Waals surface area contributed by atoms with Crippen LogP contribution in [0.2, 0.25) is 0 Å². The Balaban J connectivity index is 2.27. The van der Waals surface area contributed by atoms with Crippen LogP contribution in [0.1, 0.15) is 39.5 Å². The lowest BCUT2D eigenvalue weighted by Gasteiger charge is -2.24. The van der Waals surface area contributed by atoms with Gasteiger partial charge in [-0.3, -0.25) is 0 Å². The van der Waals surface area contributed by atoms with E-state index < -0.39 is 0 Å². The fraction of sp³-hybridized carbons (Fsp3) is 1.00. The van der Waals surface area contributed by atoms with Crippen molar-refractivity contribution in [3.05, 3.63) is 0 Å². The van der Waals surface area contributed by atoms with E-state index in [0.29, 0.717) is 5.41 Å². The molecule has 1 heterocycles. The van der Waals surface area contributed by atoms with Gasteiger partial charge in [0, 0.05) is 13.1 Å². The van der Waals surface area contributed by atoms with Crippen molar-refractivity contribution < 1.29 is 0 Å². The summed E-state index contributed by atoms with van der Waals surface area (Å²) in [6, 6.07) is 0. The highest BCUT2D eigenvalue weighted by molar-refractivity contribution is 4.70. The lowest BCUT2D eigenvalue weighted by atomic mass is 9.83. The Bertz CT molecular complexity index is 118. The molecule has 0 atom stereocenters. The Morgan fingerprint density at radius 2 is 1.23 bits per heavy atom. The molecule has 0 unspecified atom stereocenters. The number of hydrogen-bond acceptors (Lipinski definition) is 2. The first-order valence-corrected chi connectivity index (χ1v) is 5.62. The molecule has 0 spiro atoms. The third-order valence-corrected chi connectivity index (χ3v) is 2.89. The maximum atomic E-state index is 3.46. The first-order valence-electron chi connectivity index (χ1n) is 5.62. The van der Waals surface area contributed by atoms with Crippen molar-refractivity contribution in [3.8, 4) is 0 Å². The Hall–Kier alpha value is -0.0800. The van der Waals surface area contributed by atoms with Gasteiger partial charge in [0.15, 0.2) is 0 Å². The van der Waals surface area contributed by atoms with Gasteiger partial charge in [-0.2, -0.15) is 0 Å². The van der Waals surface area contributed by atoms with Gasteiger partial charge in [-0.1, -0.05) is 13.8 Å². The van der Waals surface area contributed by atoms with Gasteiger partial charge in [-0.25, -0.2) is 0 Å². The van der Waals surface area contributed by atoms with E-state index in [-0.39, 0.29) is 0 Å². The van der Waals surface area contributed by atoms with Crippen molar-refractivity contribution in [2.45, 2.75) is 39.5 Å². The molecule has 0 aliphatic carbocycles. The molecule has 2 heteroatoms. The monoisotopic (exact) mass is 184 g/mol. The van der Waals surface area contributed by atoms with E-state index in [2.05, 4.69) is 24.5 Å². The zero-order valence-electron chi connectivity index (χ0n) is 9.16. The van der Waals surface area contributed by atoms with Gasteiger partial charge in [-0.05, 0) is 44.2 Å². The average molecular weight is 184 g/mol. The quantitative estimate of drug-likeness (QED) is 0.599. The highest BCUT2D eigenvalue weighted by Gasteiger charge is 2.16. The maximum absolute atomic E-state index is 3.46. The average Bonchev–Trinajstić information content (AvgIpc) is 2.10. The van der Waals surface area contributed by atoms with E-state index in [4.69, 9.17) is 0 Å². The summed E-state index contributed by atoms with van der Waals surface area (Å²) in [5, 5.41) is 6.92. The summed E-state index contributed by atoms with van der Waals surface area (Å²) in [6.45, 7) is 9.41. The largest absolute Gasteiger partial charge is 0.315 e. The molecule has 1 aliphatic heterocycles. The Kier molecular flexibility index (Phi) is 4.74. The van der Waals surface area contributed by atoms with Crippen LogP contribution >= 0.6 is 0 Å². The fourth-order valence-corrected chi connectivity index (χ4v) is 1.94. The van der Waals surface area contributed by atoms with Crippen LogP contribution in [0.5, 0.6) is 0 Å².